The average molecular weight is 336 g/mol. The number of carbonyl (C=O) groups excluding carboxylic acids is 1. The number of benzene rings is 1. The Hall–Kier alpha value is -1.66. The predicted molar refractivity (Wildman–Crippen MR) is 89.4 cm³/mol. The molecule has 2 saturated heterocycles. The SMILES string of the molecule is C[C@@H]1CN(c2ccc(CNC(=O)[C@H]3CCCO3)cc2F)C[C@@H](C)O1. The van der Waals surface area contributed by atoms with Gasteiger partial charge in [0.25, 0.3) is 0 Å². The van der Waals surface area contributed by atoms with Crippen LogP contribution in [0.5, 0.6) is 0 Å². The second-order valence-electron chi connectivity index (χ2n) is 6.67. The Balaban J connectivity index is 1.61. The molecule has 1 N–H and O–H groups in total. The normalized spacial score (nSPS) is 27.3. The zero-order valence-electron chi connectivity index (χ0n) is 14.3. The molecule has 6 heteroatoms. The predicted octanol–water partition coefficient (Wildman–Crippen LogP) is 2.23. The lowest BCUT2D eigenvalue weighted by molar-refractivity contribution is -0.130. The van der Waals surface area contributed by atoms with E-state index in [4.69, 9.17) is 9.47 Å². The Bertz CT molecular complexity index is 580. The van der Waals surface area contributed by atoms with Crippen LogP contribution < -0.4 is 10.2 Å². The van der Waals surface area contributed by atoms with Gasteiger partial charge in [-0.15, -0.1) is 0 Å². The van der Waals surface area contributed by atoms with Gasteiger partial charge in [-0.1, -0.05) is 6.07 Å². The molecule has 2 heterocycles. The summed E-state index contributed by atoms with van der Waals surface area (Å²) in [6.07, 6.45) is 1.48. The molecule has 0 spiro atoms. The van der Waals surface area contributed by atoms with Gasteiger partial charge in [0.05, 0.1) is 17.9 Å². The average Bonchev–Trinajstić information content (AvgIpc) is 3.06. The molecule has 3 atom stereocenters. The first-order valence-corrected chi connectivity index (χ1v) is 8.61. The van der Waals surface area contributed by atoms with Crippen molar-refractivity contribution in [2.75, 3.05) is 24.6 Å². The number of morpholine rings is 1. The number of halogens is 1. The van der Waals surface area contributed by atoms with Crippen LogP contribution >= 0.6 is 0 Å². The molecule has 3 rings (SSSR count). The second-order valence-corrected chi connectivity index (χ2v) is 6.67. The van der Waals surface area contributed by atoms with Crippen LogP contribution in [0.25, 0.3) is 0 Å². The minimum absolute atomic E-state index is 0.0820. The van der Waals surface area contributed by atoms with E-state index in [9.17, 15) is 9.18 Å². The van der Waals surface area contributed by atoms with Gasteiger partial charge >= 0.3 is 0 Å². The summed E-state index contributed by atoms with van der Waals surface area (Å²) in [7, 11) is 0. The van der Waals surface area contributed by atoms with Crippen LogP contribution in [0, 0.1) is 5.82 Å². The topological polar surface area (TPSA) is 50.8 Å². The number of amides is 1. The highest BCUT2D eigenvalue weighted by atomic mass is 19.1. The Morgan fingerprint density at radius 1 is 1.33 bits per heavy atom. The van der Waals surface area contributed by atoms with Gasteiger partial charge in [-0.2, -0.15) is 0 Å². The number of carbonyl (C=O) groups is 1. The fourth-order valence-electron chi connectivity index (χ4n) is 3.38. The zero-order valence-corrected chi connectivity index (χ0v) is 14.3. The number of nitrogens with zero attached hydrogens (tertiary/aromatic N) is 1. The molecule has 0 saturated carbocycles. The van der Waals surface area contributed by atoms with E-state index in [-0.39, 0.29) is 30.0 Å². The number of hydrogen-bond donors (Lipinski definition) is 1. The number of nitrogens with one attached hydrogen (secondary N) is 1. The van der Waals surface area contributed by atoms with Crippen molar-refractivity contribution in [2.24, 2.45) is 0 Å². The molecule has 0 radical (unpaired) electrons. The highest BCUT2D eigenvalue weighted by Gasteiger charge is 2.25. The summed E-state index contributed by atoms with van der Waals surface area (Å²) in [5.74, 6) is -0.382. The van der Waals surface area contributed by atoms with E-state index < -0.39 is 0 Å². The van der Waals surface area contributed by atoms with Gasteiger partial charge in [0.2, 0.25) is 5.91 Å². The third kappa shape index (κ3) is 4.05. The minimum Gasteiger partial charge on any atom is -0.372 e. The van der Waals surface area contributed by atoms with Crippen LogP contribution in [0.2, 0.25) is 0 Å². The Morgan fingerprint density at radius 2 is 2.08 bits per heavy atom. The summed E-state index contributed by atoms with van der Waals surface area (Å²) < 4.78 is 25.5. The van der Waals surface area contributed by atoms with Crippen molar-refractivity contribution >= 4 is 11.6 Å². The molecule has 2 aliphatic heterocycles. The summed E-state index contributed by atoms with van der Waals surface area (Å²) in [4.78, 5) is 14.0. The van der Waals surface area contributed by atoms with Crippen molar-refractivity contribution in [3.8, 4) is 0 Å². The van der Waals surface area contributed by atoms with Gasteiger partial charge in [-0.25, -0.2) is 4.39 Å². The zero-order chi connectivity index (χ0) is 17.1. The van der Waals surface area contributed by atoms with Crippen molar-refractivity contribution in [3.05, 3.63) is 29.6 Å². The minimum atomic E-state index is -0.356. The van der Waals surface area contributed by atoms with E-state index in [2.05, 4.69) is 5.32 Å². The molecular weight excluding hydrogens is 311 g/mol. The van der Waals surface area contributed by atoms with Crippen molar-refractivity contribution in [1.82, 2.24) is 5.32 Å². The number of rotatable bonds is 4. The monoisotopic (exact) mass is 336 g/mol. The number of anilines is 1. The van der Waals surface area contributed by atoms with E-state index in [0.717, 1.165) is 18.4 Å². The van der Waals surface area contributed by atoms with Crippen LogP contribution in [0.15, 0.2) is 18.2 Å². The maximum atomic E-state index is 14.5. The number of hydrogen-bond acceptors (Lipinski definition) is 4. The fourth-order valence-corrected chi connectivity index (χ4v) is 3.38. The summed E-state index contributed by atoms with van der Waals surface area (Å²) in [6, 6.07) is 5.14. The van der Waals surface area contributed by atoms with Crippen LogP contribution in [0.3, 0.4) is 0 Å². The first-order valence-electron chi connectivity index (χ1n) is 8.61. The van der Waals surface area contributed by atoms with E-state index in [1.54, 1.807) is 6.07 Å². The van der Waals surface area contributed by atoms with Crippen molar-refractivity contribution in [3.63, 3.8) is 0 Å². The molecule has 5 nitrogen and oxygen atoms in total. The first kappa shape index (κ1) is 17.2. The molecule has 2 fully saturated rings. The molecule has 0 bridgehead atoms. The smallest absolute Gasteiger partial charge is 0.249 e. The maximum absolute atomic E-state index is 14.5. The Kier molecular flexibility index (Phi) is 5.36. The Labute approximate surface area is 142 Å². The van der Waals surface area contributed by atoms with Gasteiger partial charge in [0.15, 0.2) is 0 Å². The van der Waals surface area contributed by atoms with E-state index in [1.165, 1.54) is 6.07 Å². The summed E-state index contributed by atoms with van der Waals surface area (Å²) in [6.45, 7) is 6.29. The first-order chi connectivity index (χ1) is 11.5. The van der Waals surface area contributed by atoms with E-state index in [0.29, 0.717) is 31.9 Å². The molecule has 0 aromatic heterocycles. The number of ether oxygens (including phenoxy) is 2. The van der Waals surface area contributed by atoms with Gasteiger partial charge < -0.3 is 19.7 Å². The summed E-state index contributed by atoms with van der Waals surface area (Å²) >= 11 is 0. The van der Waals surface area contributed by atoms with Crippen molar-refractivity contribution in [1.29, 1.82) is 0 Å². The quantitative estimate of drug-likeness (QED) is 0.916. The fraction of sp³-hybridized carbons (Fsp3) is 0.611. The van der Waals surface area contributed by atoms with Crippen LogP contribution in [-0.4, -0.2) is 43.9 Å². The lowest BCUT2D eigenvalue weighted by Crippen LogP contribution is -2.45. The van der Waals surface area contributed by atoms with E-state index >= 15 is 0 Å². The third-order valence-electron chi connectivity index (χ3n) is 4.46. The highest BCUT2D eigenvalue weighted by molar-refractivity contribution is 5.80. The molecular formula is C18H25FN2O3. The lowest BCUT2D eigenvalue weighted by Gasteiger charge is -2.37. The largest absolute Gasteiger partial charge is 0.372 e. The van der Waals surface area contributed by atoms with Gasteiger partial charge in [-0.3, -0.25) is 4.79 Å². The second kappa shape index (κ2) is 7.49. The standard InChI is InChI=1S/C18H25FN2O3/c1-12-10-21(11-13(2)24-12)16-6-5-14(8-15(16)19)9-20-18(22)17-4-3-7-23-17/h5-6,8,12-13,17H,3-4,7,9-11H2,1-2H3,(H,20,22)/t12-,13-,17-/m1/s1. The maximum Gasteiger partial charge on any atom is 0.249 e. The molecule has 1 aromatic carbocycles. The molecule has 2 aliphatic rings. The summed E-state index contributed by atoms with van der Waals surface area (Å²) in [5, 5.41) is 2.82. The molecule has 24 heavy (non-hydrogen) atoms. The van der Waals surface area contributed by atoms with Crippen LogP contribution in [-0.2, 0) is 20.8 Å². The lowest BCUT2D eigenvalue weighted by atomic mass is 10.1. The van der Waals surface area contributed by atoms with Gasteiger partial charge in [0, 0.05) is 26.2 Å². The van der Waals surface area contributed by atoms with Gasteiger partial charge in [0.1, 0.15) is 11.9 Å². The molecule has 0 unspecified atom stereocenters. The van der Waals surface area contributed by atoms with Gasteiger partial charge in [-0.05, 0) is 44.4 Å². The van der Waals surface area contributed by atoms with Crippen LogP contribution in [0.1, 0.15) is 32.3 Å². The molecule has 1 amide bonds. The summed E-state index contributed by atoms with van der Waals surface area (Å²) in [5.41, 5.74) is 1.34. The van der Waals surface area contributed by atoms with Crippen LogP contribution in [0.4, 0.5) is 10.1 Å². The molecule has 132 valence electrons. The van der Waals surface area contributed by atoms with E-state index in [1.807, 2.05) is 24.8 Å². The Morgan fingerprint density at radius 3 is 2.71 bits per heavy atom. The third-order valence-corrected chi connectivity index (χ3v) is 4.46. The van der Waals surface area contributed by atoms with Crippen molar-refractivity contribution < 1.29 is 18.7 Å². The molecule has 1 aromatic rings. The highest BCUT2D eigenvalue weighted by Crippen LogP contribution is 2.24. The van der Waals surface area contributed by atoms with Crippen molar-refractivity contribution in [2.45, 2.75) is 51.5 Å². The molecule has 0 aliphatic carbocycles.